The number of carbonyl (C=O) groups excluding carboxylic acids is 1. The van der Waals surface area contributed by atoms with Crippen LogP contribution in [0.2, 0.25) is 0 Å². The van der Waals surface area contributed by atoms with Crippen LogP contribution in [0, 0.1) is 19.7 Å². The highest BCUT2D eigenvalue weighted by molar-refractivity contribution is 9.10. The summed E-state index contributed by atoms with van der Waals surface area (Å²) in [6.07, 6.45) is 0. The average Bonchev–Trinajstić information content (AvgIpc) is 2.72. The monoisotopic (exact) mass is 339 g/mol. The molecule has 6 heteroatoms. The molecule has 0 aliphatic carbocycles. The van der Waals surface area contributed by atoms with Gasteiger partial charge in [0.25, 0.3) is 0 Å². The van der Waals surface area contributed by atoms with E-state index in [1.807, 2.05) is 19.9 Å². The minimum Gasteiger partial charge on any atom is -0.322 e. The molecule has 4 nitrogen and oxygen atoms in total. The molecular weight excluding hydrogens is 325 g/mol. The number of carbonyl (C=O) groups is 1. The number of aryl methyl sites for hydroxylation is 2. The Bertz CT molecular complexity index is 654. The fourth-order valence-corrected chi connectivity index (χ4v) is 2.34. The van der Waals surface area contributed by atoms with Crippen LogP contribution in [0.5, 0.6) is 0 Å². The first-order valence-electron chi connectivity index (χ1n) is 6.17. The van der Waals surface area contributed by atoms with Crippen LogP contribution in [0.25, 0.3) is 0 Å². The maximum Gasteiger partial charge on any atom is 0.249 e. The van der Waals surface area contributed by atoms with Gasteiger partial charge in [0.15, 0.2) is 0 Å². The number of hydrogen-bond acceptors (Lipinski definition) is 2. The molecule has 0 fully saturated rings. The second-order valence-corrected chi connectivity index (χ2v) is 5.58. The molecular formula is C14H15BrFN3O. The summed E-state index contributed by atoms with van der Waals surface area (Å²) in [4.78, 5) is 12.2. The molecule has 0 radical (unpaired) electrons. The van der Waals surface area contributed by atoms with Gasteiger partial charge in [-0.15, -0.1) is 0 Å². The molecule has 2 rings (SSSR count). The lowest BCUT2D eigenvalue weighted by Gasteiger charge is -2.15. The third-order valence-electron chi connectivity index (χ3n) is 2.98. The smallest absolute Gasteiger partial charge is 0.249 e. The van der Waals surface area contributed by atoms with Gasteiger partial charge in [-0.1, -0.05) is 15.9 Å². The van der Waals surface area contributed by atoms with Crippen LogP contribution in [0.15, 0.2) is 28.7 Å². The van der Waals surface area contributed by atoms with E-state index in [1.54, 1.807) is 17.7 Å². The minimum absolute atomic E-state index is 0.151. The molecule has 1 N–H and O–H groups in total. The van der Waals surface area contributed by atoms with Crippen LogP contribution in [0.4, 0.5) is 10.1 Å². The lowest BCUT2D eigenvalue weighted by atomic mass is 10.2. The van der Waals surface area contributed by atoms with E-state index in [2.05, 4.69) is 26.3 Å². The molecule has 0 spiro atoms. The predicted molar refractivity (Wildman–Crippen MR) is 79.1 cm³/mol. The fraction of sp³-hybridized carbons (Fsp3) is 0.286. The van der Waals surface area contributed by atoms with Crippen molar-refractivity contribution in [2.75, 3.05) is 5.32 Å². The molecule has 1 amide bonds. The number of anilines is 1. The number of halogens is 2. The number of benzene rings is 1. The van der Waals surface area contributed by atoms with E-state index in [4.69, 9.17) is 0 Å². The fourth-order valence-electron chi connectivity index (χ4n) is 1.98. The summed E-state index contributed by atoms with van der Waals surface area (Å²) in [6.45, 7) is 5.47. The van der Waals surface area contributed by atoms with E-state index in [0.29, 0.717) is 4.47 Å². The summed E-state index contributed by atoms with van der Waals surface area (Å²) < 4.78 is 15.9. The van der Waals surface area contributed by atoms with Crippen molar-refractivity contribution in [3.63, 3.8) is 0 Å². The Labute approximate surface area is 125 Å². The standard InChI is InChI=1S/C14H15BrFN3O/c1-8-6-9(2)19(18-8)10(3)14(20)17-13-7-11(15)4-5-12(13)16/h4-7,10H,1-3H3,(H,17,20)/t10-/m1/s1. The largest absolute Gasteiger partial charge is 0.322 e. The lowest BCUT2D eigenvalue weighted by molar-refractivity contribution is -0.119. The van der Waals surface area contributed by atoms with Crippen molar-refractivity contribution in [3.8, 4) is 0 Å². The van der Waals surface area contributed by atoms with Gasteiger partial charge < -0.3 is 5.32 Å². The third kappa shape index (κ3) is 3.07. The molecule has 0 aliphatic heterocycles. The van der Waals surface area contributed by atoms with Gasteiger partial charge >= 0.3 is 0 Å². The second kappa shape index (κ2) is 5.75. The van der Waals surface area contributed by atoms with Gasteiger partial charge in [-0.25, -0.2) is 4.39 Å². The number of rotatable bonds is 3. The normalized spacial score (nSPS) is 12.2. The van der Waals surface area contributed by atoms with E-state index in [1.165, 1.54) is 12.1 Å². The molecule has 2 aromatic rings. The molecule has 1 aromatic heterocycles. The van der Waals surface area contributed by atoms with Gasteiger partial charge in [0.05, 0.1) is 11.4 Å². The topological polar surface area (TPSA) is 46.9 Å². The van der Waals surface area contributed by atoms with Crippen molar-refractivity contribution in [2.45, 2.75) is 26.8 Å². The highest BCUT2D eigenvalue weighted by Crippen LogP contribution is 2.21. The summed E-state index contributed by atoms with van der Waals surface area (Å²) in [5.41, 5.74) is 1.88. The first-order valence-corrected chi connectivity index (χ1v) is 6.96. The third-order valence-corrected chi connectivity index (χ3v) is 3.47. The van der Waals surface area contributed by atoms with Crippen LogP contribution >= 0.6 is 15.9 Å². The van der Waals surface area contributed by atoms with Crippen molar-refractivity contribution in [1.82, 2.24) is 9.78 Å². The molecule has 0 unspecified atom stereocenters. The summed E-state index contributed by atoms with van der Waals surface area (Å²) in [6, 6.07) is 5.79. The number of aromatic nitrogens is 2. The molecule has 20 heavy (non-hydrogen) atoms. The van der Waals surface area contributed by atoms with Crippen LogP contribution < -0.4 is 5.32 Å². The maximum absolute atomic E-state index is 13.6. The zero-order valence-electron chi connectivity index (χ0n) is 11.4. The van der Waals surface area contributed by atoms with E-state index in [0.717, 1.165) is 11.4 Å². The Hall–Kier alpha value is -1.69. The van der Waals surface area contributed by atoms with E-state index in [9.17, 15) is 9.18 Å². The summed E-state index contributed by atoms with van der Waals surface area (Å²) in [5, 5.41) is 6.85. The van der Waals surface area contributed by atoms with Crippen LogP contribution in [-0.2, 0) is 4.79 Å². The van der Waals surface area contributed by atoms with Gasteiger partial charge in [-0.05, 0) is 45.0 Å². The molecule has 106 valence electrons. The first kappa shape index (κ1) is 14.7. The van der Waals surface area contributed by atoms with Gasteiger partial charge in [-0.2, -0.15) is 5.10 Å². The van der Waals surface area contributed by atoms with Crippen molar-refractivity contribution in [2.24, 2.45) is 0 Å². The predicted octanol–water partition coefficient (Wildman–Crippen LogP) is 3.60. The highest BCUT2D eigenvalue weighted by Gasteiger charge is 2.19. The lowest BCUT2D eigenvalue weighted by Crippen LogP contribution is -2.25. The molecule has 0 bridgehead atoms. The van der Waals surface area contributed by atoms with Crippen LogP contribution in [0.3, 0.4) is 0 Å². The molecule has 0 saturated carbocycles. The maximum atomic E-state index is 13.6. The van der Waals surface area contributed by atoms with Gasteiger partial charge in [0.2, 0.25) is 5.91 Å². The van der Waals surface area contributed by atoms with Gasteiger partial charge in [0, 0.05) is 10.2 Å². The Kier molecular flexibility index (Phi) is 4.23. The Morgan fingerprint density at radius 3 is 2.70 bits per heavy atom. The number of nitrogens with one attached hydrogen (secondary N) is 1. The van der Waals surface area contributed by atoms with Gasteiger partial charge in [0.1, 0.15) is 11.9 Å². The Balaban J connectivity index is 2.19. The summed E-state index contributed by atoms with van der Waals surface area (Å²) in [7, 11) is 0. The van der Waals surface area contributed by atoms with Gasteiger partial charge in [-0.3, -0.25) is 9.48 Å². The van der Waals surface area contributed by atoms with Crippen molar-refractivity contribution in [3.05, 3.63) is 45.9 Å². The Morgan fingerprint density at radius 1 is 1.40 bits per heavy atom. The van der Waals surface area contributed by atoms with Crippen molar-refractivity contribution in [1.29, 1.82) is 0 Å². The highest BCUT2D eigenvalue weighted by atomic mass is 79.9. The number of hydrogen-bond donors (Lipinski definition) is 1. The minimum atomic E-state index is -0.512. The average molecular weight is 340 g/mol. The molecule has 0 aliphatic rings. The second-order valence-electron chi connectivity index (χ2n) is 4.66. The van der Waals surface area contributed by atoms with E-state index < -0.39 is 11.9 Å². The molecule has 1 heterocycles. The van der Waals surface area contributed by atoms with E-state index >= 15 is 0 Å². The first-order chi connectivity index (χ1) is 9.38. The zero-order valence-corrected chi connectivity index (χ0v) is 13.0. The SMILES string of the molecule is Cc1cc(C)n([C@H](C)C(=O)Nc2cc(Br)ccc2F)n1. The quantitative estimate of drug-likeness (QED) is 0.928. The Morgan fingerprint density at radius 2 is 2.10 bits per heavy atom. The van der Waals surface area contributed by atoms with Crippen molar-refractivity contribution < 1.29 is 9.18 Å². The molecule has 1 atom stereocenters. The molecule has 1 aromatic carbocycles. The van der Waals surface area contributed by atoms with Crippen LogP contribution in [0.1, 0.15) is 24.4 Å². The molecule has 0 saturated heterocycles. The van der Waals surface area contributed by atoms with E-state index in [-0.39, 0.29) is 11.6 Å². The van der Waals surface area contributed by atoms with Crippen molar-refractivity contribution >= 4 is 27.5 Å². The zero-order chi connectivity index (χ0) is 14.9. The number of amides is 1. The summed E-state index contributed by atoms with van der Waals surface area (Å²) in [5.74, 6) is -0.782. The van der Waals surface area contributed by atoms with Crippen LogP contribution in [-0.4, -0.2) is 15.7 Å². The number of nitrogens with zero attached hydrogens (tertiary/aromatic N) is 2. The summed E-state index contributed by atoms with van der Waals surface area (Å²) >= 11 is 3.25.